The molecule has 0 saturated heterocycles. The van der Waals surface area contributed by atoms with Crippen molar-refractivity contribution in [1.82, 2.24) is 19.9 Å². The number of aryl methyl sites for hydroxylation is 3. The average molecular weight is 298 g/mol. The second-order valence-electron chi connectivity index (χ2n) is 5.48. The van der Waals surface area contributed by atoms with E-state index in [9.17, 15) is 4.79 Å². The van der Waals surface area contributed by atoms with Crippen molar-refractivity contribution in [2.75, 3.05) is 0 Å². The Hall–Kier alpha value is -2.63. The van der Waals surface area contributed by atoms with Crippen LogP contribution in [0.1, 0.15) is 46.2 Å². The molecule has 0 aliphatic rings. The van der Waals surface area contributed by atoms with E-state index in [4.69, 9.17) is 4.42 Å². The summed E-state index contributed by atoms with van der Waals surface area (Å²) in [5.74, 6) is 1.33. The quantitative estimate of drug-likeness (QED) is 0.807. The summed E-state index contributed by atoms with van der Waals surface area (Å²) in [6, 6.07) is 5.45. The van der Waals surface area contributed by atoms with Crippen LogP contribution in [0.15, 0.2) is 28.8 Å². The molecular formula is C16H18N4O2. The number of carbonyl (C=O) groups excluding carboxylic acids is 1. The largest absolute Gasteiger partial charge is 0.464 e. The molecule has 0 fully saturated rings. The number of fused-ring (bicyclic) bond motifs is 1. The smallest absolute Gasteiger partial charge is 0.257 e. The van der Waals surface area contributed by atoms with Gasteiger partial charge in [0.1, 0.15) is 17.1 Å². The fourth-order valence-corrected chi connectivity index (χ4v) is 2.46. The highest BCUT2D eigenvalue weighted by Gasteiger charge is 2.19. The highest BCUT2D eigenvalue weighted by atomic mass is 16.3. The SMILES string of the molecule is Cc1cc(C)n2ncc(C(=O)NC(C)c3ccc(C)o3)c2n1. The lowest BCUT2D eigenvalue weighted by atomic mass is 10.2. The van der Waals surface area contributed by atoms with E-state index in [1.54, 1.807) is 10.7 Å². The third kappa shape index (κ3) is 2.47. The van der Waals surface area contributed by atoms with Gasteiger partial charge in [-0.05, 0) is 45.9 Å². The van der Waals surface area contributed by atoms with E-state index in [2.05, 4.69) is 15.4 Å². The molecule has 3 heterocycles. The van der Waals surface area contributed by atoms with E-state index in [1.807, 2.05) is 45.9 Å². The third-order valence-electron chi connectivity index (χ3n) is 3.56. The summed E-state index contributed by atoms with van der Waals surface area (Å²) >= 11 is 0. The maximum absolute atomic E-state index is 12.5. The predicted octanol–water partition coefficient (Wildman–Crippen LogP) is 2.74. The van der Waals surface area contributed by atoms with Crippen LogP contribution >= 0.6 is 0 Å². The van der Waals surface area contributed by atoms with Crippen LogP contribution in [-0.2, 0) is 0 Å². The summed E-state index contributed by atoms with van der Waals surface area (Å²) in [7, 11) is 0. The van der Waals surface area contributed by atoms with Crippen molar-refractivity contribution in [3.05, 3.63) is 52.9 Å². The predicted molar refractivity (Wildman–Crippen MR) is 81.8 cm³/mol. The monoisotopic (exact) mass is 298 g/mol. The van der Waals surface area contributed by atoms with E-state index < -0.39 is 0 Å². The van der Waals surface area contributed by atoms with Crippen molar-refractivity contribution >= 4 is 11.6 Å². The van der Waals surface area contributed by atoms with Gasteiger partial charge in [-0.2, -0.15) is 5.10 Å². The van der Waals surface area contributed by atoms with Gasteiger partial charge in [-0.3, -0.25) is 4.79 Å². The first kappa shape index (κ1) is 14.3. The normalized spacial score (nSPS) is 12.5. The molecule has 6 nitrogen and oxygen atoms in total. The lowest BCUT2D eigenvalue weighted by Gasteiger charge is -2.10. The lowest BCUT2D eigenvalue weighted by molar-refractivity contribution is 0.0936. The molecule has 3 aromatic rings. The number of furan rings is 1. The van der Waals surface area contributed by atoms with Crippen LogP contribution in [0.4, 0.5) is 0 Å². The molecule has 0 aliphatic carbocycles. The standard InChI is InChI=1S/C16H18N4O2/c1-9-7-10(2)20-15(18-9)13(8-17-20)16(21)19-12(4)14-6-5-11(3)22-14/h5-8,12H,1-4H3,(H,19,21). The molecule has 114 valence electrons. The Labute approximate surface area is 128 Å². The van der Waals surface area contributed by atoms with E-state index in [0.29, 0.717) is 11.2 Å². The van der Waals surface area contributed by atoms with Crippen LogP contribution < -0.4 is 5.32 Å². The van der Waals surface area contributed by atoms with Crippen LogP contribution in [0.25, 0.3) is 5.65 Å². The highest BCUT2D eigenvalue weighted by Crippen LogP contribution is 2.17. The molecule has 0 radical (unpaired) electrons. The topological polar surface area (TPSA) is 72.4 Å². The zero-order chi connectivity index (χ0) is 15.9. The number of aromatic nitrogens is 3. The summed E-state index contributed by atoms with van der Waals surface area (Å²) in [5.41, 5.74) is 2.82. The molecule has 0 saturated carbocycles. The Balaban J connectivity index is 1.89. The first-order chi connectivity index (χ1) is 10.5. The molecule has 22 heavy (non-hydrogen) atoms. The Kier molecular flexibility index (Phi) is 3.44. The second-order valence-corrected chi connectivity index (χ2v) is 5.48. The fourth-order valence-electron chi connectivity index (χ4n) is 2.46. The summed E-state index contributed by atoms with van der Waals surface area (Å²) in [5, 5.41) is 7.15. The van der Waals surface area contributed by atoms with Crippen LogP contribution in [0, 0.1) is 20.8 Å². The molecule has 3 aromatic heterocycles. The van der Waals surface area contributed by atoms with Gasteiger partial charge in [0.15, 0.2) is 5.65 Å². The van der Waals surface area contributed by atoms with Gasteiger partial charge in [0.25, 0.3) is 5.91 Å². The first-order valence-corrected chi connectivity index (χ1v) is 7.15. The van der Waals surface area contributed by atoms with Crippen molar-refractivity contribution < 1.29 is 9.21 Å². The van der Waals surface area contributed by atoms with E-state index >= 15 is 0 Å². The minimum Gasteiger partial charge on any atom is -0.464 e. The van der Waals surface area contributed by atoms with Gasteiger partial charge in [-0.25, -0.2) is 9.50 Å². The fraction of sp³-hybridized carbons (Fsp3) is 0.312. The summed E-state index contributed by atoms with van der Waals surface area (Å²) in [6.45, 7) is 7.59. The van der Waals surface area contributed by atoms with Gasteiger partial charge in [0.2, 0.25) is 0 Å². The lowest BCUT2D eigenvalue weighted by Crippen LogP contribution is -2.26. The van der Waals surface area contributed by atoms with E-state index in [1.165, 1.54) is 0 Å². The number of carbonyl (C=O) groups is 1. The van der Waals surface area contributed by atoms with Crippen molar-refractivity contribution in [1.29, 1.82) is 0 Å². The molecule has 1 unspecified atom stereocenters. The molecule has 1 atom stereocenters. The summed E-state index contributed by atoms with van der Waals surface area (Å²) in [6.07, 6.45) is 1.55. The van der Waals surface area contributed by atoms with Crippen molar-refractivity contribution in [3.8, 4) is 0 Å². The zero-order valence-corrected chi connectivity index (χ0v) is 13.0. The van der Waals surface area contributed by atoms with Gasteiger partial charge in [0, 0.05) is 11.4 Å². The van der Waals surface area contributed by atoms with Crippen LogP contribution in [-0.4, -0.2) is 20.5 Å². The van der Waals surface area contributed by atoms with E-state index in [-0.39, 0.29) is 11.9 Å². The number of nitrogens with one attached hydrogen (secondary N) is 1. The molecule has 0 spiro atoms. The maximum atomic E-state index is 12.5. The summed E-state index contributed by atoms with van der Waals surface area (Å²) in [4.78, 5) is 16.9. The number of hydrogen-bond donors (Lipinski definition) is 1. The molecule has 3 rings (SSSR count). The first-order valence-electron chi connectivity index (χ1n) is 7.15. The van der Waals surface area contributed by atoms with Gasteiger partial charge in [0.05, 0.1) is 12.2 Å². The summed E-state index contributed by atoms with van der Waals surface area (Å²) < 4.78 is 7.21. The van der Waals surface area contributed by atoms with E-state index in [0.717, 1.165) is 22.9 Å². The van der Waals surface area contributed by atoms with Crippen molar-refractivity contribution in [2.24, 2.45) is 0 Å². The van der Waals surface area contributed by atoms with Crippen molar-refractivity contribution in [3.63, 3.8) is 0 Å². The van der Waals surface area contributed by atoms with Crippen molar-refractivity contribution in [2.45, 2.75) is 33.7 Å². The number of amides is 1. The van der Waals surface area contributed by atoms with Gasteiger partial charge in [-0.1, -0.05) is 0 Å². The second kappa shape index (κ2) is 5.29. The van der Waals surface area contributed by atoms with Gasteiger partial charge >= 0.3 is 0 Å². The maximum Gasteiger partial charge on any atom is 0.257 e. The van der Waals surface area contributed by atoms with Gasteiger partial charge in [-0.15, -0.1) is 0 Å². The van der Waals surface area contributed by atoms with Crippen LogP contribution in [0.2, 0.25) is 0 Å². The molecule has 1 amide bonds. The minimum atomic E-state index is -0.220. The minimum absolute atomic E-state index is 0.214. The molecule has 0 aliphatic heterocycles. The van der Waals surface area contributed by atoms with Crippen LogP contribution in [0.3, 0.4) is 0 Å². The molecular weight excluding hydrogens is 280 g/mol. The van der Waals surface area contributed by atoms with Gasteiger partial charge < -0.3 is 9.73 Å². The zero-order valence-electron chi connectivity index (χ0n) is 13.0. The number of hydrogen-bond acceptors (Lipinski definition) is 4. The Morgan fingerprint density at radius 1 is 1.32 bits per heavy atom. The van der Waals surface area contributed by atoms with Crippen LogP contribution in [0.5, 0.6) is 0 Å². The third-order valence-corrected chi connectivity index (χ3v) is 3.56. The average Bonchev–Trinajstić information content (AvgIpc) is 3.04. The molecule has 6 heteroatoms. The molecule has 1 N–H and O–H groups in total. The molecule has 0 bridgehead atoms. The molecule has 0 aromatic carbocycles. The Morgan fingerprint density at radius 3 is 2.77 bits per heavy atom. The highest BCUT2D eigenvalue weighted by molar-refractivity contribution is 5.99. The Morgan fingerprint density at radius 2 is 2.09 bits per heavy atom. The number of rotatable bonds is 3. The number of nitrogens with zero attached hydrogens (tertiary/aromatic N) is 3. The Bertz CT molecular complexity index is 847.